The fraction of sp³-hybridized carbons (Fsp3) is 0.238. The van der Waals surface area contributed by atoms with Crippen molar-refractivity contribution in [2.75, 3.05) is 13.1 Å². The average molecular weight is 476 g/mol. The summed E-state index contributed by atoms with van der Waals surface area (Å²) in [4.78, 5) is 35.5. The second-order valence-corrected chi connectivity index (χ2v) is 8.76. The minimum Gasteiger partial charge on any atom is -0.480 e. The van der Waals surface area contributed by atoms with Crippen LogP contribution in [0.2, 0.25) is 0 Å². The Morgan fingerprint density at radius 3 is 2.21 bits per heavy atom. The Kier molecular flexibility index (Phi) is 8.65. The van der Waals surface area contributed by atoms with Gasteiger partial charge in [-0.2, -0.15) is 4.72 Å². The predicted octanol–water partition coefficient (Wildman–Crippen LogP) is -0.0531. The number of nitrogens with one attached hydrogen (secondary N) is 4. The van der Waals surface area contributed by atoms with E-state index in [9.17, 15) is 27.9 Å². The molecule has 0 aliphatic rings. The number of hydrogen-bond acceptors (Lipinski definition) is 6. The fourth-order valence-electron chi connectivity index (χ4n) is 2.79. The van der Waals surface area contributed by atoms with E-state index in [2.05, 4.69) is 15.4 Å². The molecule has 0 spiro atoms. The Bertz CT molecular complexity index is 1150. The largest absolute Gasteiger partial charge is 0.480 e. The molecule has 2 aromatic carbocycles. The number of carbonyl (C=O) groups excluding carboxylic acids is 2. The first-order valence-corrected chi connectivity index (χ1v) is 11.3. The van der Waals surface area contributed by atoms with Gasteiger partial charge >= 0.3 is 5.97 Å². The quantitative estimate of drug-likeness (QED) is 0.194. The summed E-state index contributed by atoms with van der Waals surface area (Å²) in [5.41, 5.74) is 6.59. The van der Waals surface area contributed by atoms with Gasteiger partial charge in [0.05, 0.1) is 4.90 Å². The van der Waals surface area contributed by atoms with Crippen LogP contribution in [0.4, 0.5) is 0 Å². The van der Waals surface area contributed by atoms with Crippen LogP contribution in [0, 0.1) is 12.3 Å². The summed E-state index contributed by atoms with van der Waals surface area (Å²) in [5, 5.41) is 21.6. The molecule has 7 N–H and O–H groups in total. The number of amidine groups is 1. The van der Waals surface area contributed by atoms with Crippen molar-refractivity contribution in [1.29, 1.82) is 5.41 Å². The number of rotatable bonds is 11. The lowest BCUT2D eigenvalue weighted by molar-refractivity contribution is -0.138. The molecule has 33 heavy (non-hydrogen) atoms. The fourth-order valence-corrected chi connectivity index (χ4v) is 4.22. The van der Waals surface area contributed by atoms with Crippen molar-refractivity contribution in [3.05, 3.63) is 65.2 Å². The highest BCUT2D eigenvalue weighted by atomic mass is 32.2. The van der Waals surface area contributed by atoms with Gasteiger partial charge in [-0.3, -0.25) is 19.8 Å². The molecule has 0 heterocycles. The number of carbonyl (C=O) groups is 3. The zero-order valence-electron chi connectivity index (χ0n) is 17.8. The lowest BCUT2D eigenvalue weighted by Crippen LogP contribution is -2.48. The molecule has 2 amide bonds. The van der Waals surface area contributed by atoms with Gasteiger partial charge in [0.15, 0.2) is 0 Å². The number of hydrogen-bond donors (Lipinski definition) is 6. The minimum atomic E-state index is -4.11. The van der Waals surface area contributed by atoms with Crippen molar-refractivity contribution in [3.8, 4) is 0 Å². The highest BCUT2D eigenvalue weighted by molar-refractivity contribution is 7.89. The molecule has 0 unspecified atom stereocenters. The molecule has 0 aliphatic carbocycles. The summed E-state index contributed by atoms with van der Waals surface area (Å²) < 4.78 is 27.1. The number of nitrogen functional groups attached to an aromatic ring is 1. The highest BCUT2D eigenvalue weighted by Gasteiger charge is 2.26. The van der Waals surface area contributed by atoms with Crippen LogP contribution < -0.4 is 21.1 Å². The van der Waals surface area contributed by atoms with E-state index in [-0.39, 0.29) is 23.7 Å². The summed E-state index contributed by atoms with van der Waals surface area (Å²) >= 11 is 0. The lowest BCUT2D eigenvalue weighted by Gasteiger charge is -2.16. The van der Waals surface area contributed by atoms with Gasteiger partial charge in [0, 0.05) is 30.6 Å². The molecule has 11 nitrogen and oxygen atoms in total. The molecule has 0 saturated carbocycles. The summed E-state index contributed by atoms with van der Waals surface area (Å²) in [5.74, 6) is -2.58. The third kappa shape index (κ3) is 7.40. The van der Waals surface area contributed by atoms with Gasteiger partial charge in [-0.05, 0) is 30.7 Å². The minimum absolute atomic E-state index is 0.0220. The smallest absolute Gasteiger partial charge is 0.323 e. The molecule has 2 aromatic rings. The molecule has 0 bridgehead atoms. The molecular weight excluding hydrogens is 450 g/mol. The van der Waals surface area contributed by atoms with E-state index in [1.807, 2.05) is 0 Å². The summed E-state index contributed by atoms with van der Waals surface area (Å²) in [6, 6.07) is 10.6. The Morgan fingerprint density at radius 2 is 1.64 bits per heavy atom. The number of aliphatic carboxylic acids is 1. The first-order chi connectivity index (χ1) is 15.5. The number of carboxylic acids is 1. The maximum atomic E-state index is 12.5. The van der Waals surface area contributed by atoms with Gasteiger partial charge in [-0.1, -0.05) is 30.3 Å². The highest BCUT2D eigenvalue weighted by Crippen LogP contribution is 2.14. The van der Waals surface area contributed by atoms with Crippen molar-refractivity contribution in [2.24, 2.45) is 5.73 Å². The predicted molar refractivity (Wildman–Crippen MR) is 120 cm³/mol. The Balaban J connectivity index is 1.85. The van der Waals surface area contributed by atoms with Crippen LogP contribution in [0.5, 0.6) is 0 Å². The van der Waals surface area contributed by atoms with Crippen LogP contribution in [0.1, 0.15) is 27.9 Å². The first kappa shape index (κ1) is 25.5. The van der Waals surface area contributed by atoms with Gasteiger partial charge in [-0.25, -0.2) is 8.42 Å². The number of aryl methyl sites for hydroxylation is 1. The topological polar surface area (TPSA) is 192 Å². The number of amides is 2. The maximum absolute atomic E-state index is 12.5. The van der Waals surface area contributed by atoms with E-state index in [1.165, 1.54) is 36.4 Å². The molecule has 0 fully saturated rings. The van der Waals surface area contributed by atoms with E-state index in [0.717, 1.165) is 0 Å². The van der Waals surface area contributed by atoms with E-state index in [0.29, 0.717) is 16.7 Å². The molecular formula is C21H25N5O6S. The van der Waals surface area contributed by atoms with Gasteiger partial charge in [0.2, 0.25) is 15.9 Å². The molecule has 1 atom stereocenters. The number of carboxylic acid groups (broad SMARTS) is 1. The summed E-state index contributed by atoms with van der Waals surface area (Å²) in [6.45, 7) is 1.09. The van der Waals surface area contributed by atoms with E-state index in [1.54, 1.807) is 19.1 Å². The van der Waals surface area contributed by atoms with Crippen molar-refractivity contribution >= 4 is 33.6 Å². The molecule has 12 heteroatoms. The van der Waals surface area contributed by atoms with E-state index >= 15 is 0 Å². The van der Waals surface area contributed by atoms with Crippen LogP contribution in [0.25, 0.3) is 0 Å². The van der Waals surface area contributed by atoms with Crippen molar-refractivity contribution in [1.82, 2.24) is 15.4 Å². The molecule has 0 aliphatic heterocycles. The lowest BCUT2D eigenvalue weighted by atomic mass is 10.1. The third-order valence-electron chi connectivity index (χ3n) is 4.58. The number of nitrogens with two attached hydrogens (primary N) is 1. The second-order valence-electron chi connectivity index (χ2n) is 7.08. The molecule has 2 rings (SSSR count). The van der Waals surface area contributed by atoms with Gasteiger partial charge in [0.25, 0.3) is 5.91 Å². The van der Waals surface area contributed by atoms with Crippen LogP contribution in [0.15, 0.2) is 53.4 Å². The second kappa shape index (κ2) is 11.2. The van der Waals surface area contributed by atoms with Gasteiger partial charge in [-0.15, -0.1) is 0 Å². The monoisotopic (exact) mass is 475 g/mol. The molecule has 0 aromatic heterocycles. The van der Waals surface area contributed by atoms with Crippen LogP contribution in [-0.4, -0.2) is 56.3 Å². The average Bonchev–Trinajstić information content (AvgIpc) is 2.76. The summed E-state index contributed by atoms with van der Waals surface area (Å²) in [7, 11) is -4.11. The van der Waals surface area contributed by atoms with Gasteiger partial charge < -0.3 is 21.5 Å². The normalized spacial score (nSPS) is 11.9. The van der Waals surface area contributed by atoms with Crippen LogP contribution in [-0.2, 0) is 19.6 Å². The van der Waals surface area contributed by atoms with Crippen LogP contribution >= 0.6 is 0 Å². The standard InChI is InChI=1S/C21H25N5O6S/c1-13-4-2-3-5-17(13)33(31,32)26-16(21(29)30)12-25-18(27)10-11-24-20(28)15-8-6-14(7-9-15)19(22)23/h2-9,16,26H,10-12H2,1H3,(H3,22,23)(H,24,28)(H,25,27)(H,29,30)/t16-/m0/s1. The van der Waals surface area contributed by atoms with Crippen molar-refractivity contribution < 1.29 is 27.9 Å². The van der Waals surface area contributed by atoms with Crippen LogP contribution in [0.3, 0.4) is 0 Å². The number of sulfonamides is 1. The summed E-state index contributed by atoms with van der Waals surface area (Å²) in [6.07, 6.45) is -0.145. The third-order valence-corrected chi connectivity index (χ3v) is 6.21. The Morgan fingerprint density at radius 1 is 1.03 bits per heavy atom. The SMILES string of the molecule is Cc1ccccc1S(=O)(=O)N[C@@H](CNC(=O)CCNC(=O)c1ccc(C(=N)N)cc1)C(=O)O. The zero-order valence-corrected chi connectivity index (χ0v) is 18.6. The zero-order chi connectivity index (χ0) is 24.6. The van der Waals surface area contributed by atoms with Crippen molar-refractivity contribution in [2.45, 2.75) is 24.3 Å². The first-order valence-electron chi connectivity index (χ1n) is 9.81. The molecule has 0 saturated heterocycles. The van der Waals surface area contributed by atoms with E-state index in [4.69, 9.17) is 11.1 Å². The maximum Gasteiger partial charge on any atom is 0.323 e. The Labute approximate surface area is 190 Å². The van der Waals surface area contributed by atoms with Gasteiger partial charge in [0.1, 0.15) is 11.9 Å². The molecule has 176 valence electrons. The number of benzene rings is 2. The van der Waals surface area contributed by atoms with E-state index < -0.39 is 40.4 Å². The Hall–Kier alpha value is -3.77. The molecule has 0 radical (unpaired) electrons. The van der Waals surface area contributed by atoms with Crippen molar-refractivity contribution in [3.63, 3.8) is 0 Å².